The van der Waals surface area contributed by atoms with E-state index >= 15 is 0 Å². The molecule has 2 rings (SSSR count). The molecule has 1 aromatic rings. The zero-order valence-corrected chi connectivity index (χ0v) is 10.7. The average molecular weight is 286 g/mol. The van der Waals surface area contributed by atoms with Crippen molar-refractivity contribution in [3.63, 3.8) is 0 Å². The monoisotopic (exact) mass is 285 g/mol. The van der Waals surface area contributed by atoms with Crippen molar-refractivity contribution in [3.8, 4) is 0 Å². The Kier molecular flexibility index (Phi) is 4.04. The number of aliphatic carboxylic acids is 1. The fourth-order valence-corrected chi connectivity index (χ4v) is 2.33. The number of hydrogen-bond acceptors (Lipinski definition) is 2. The van der Waals surface area contributed by atoms with Crippen LogP contribution in [0.4, 0.5) is 4.39 Å². The van der Waals surface area contributed by atoms with E-state index in [1.54, 1.807) is 12.1 Å². The van der Waals surface area contributed by atoms with Crippen LogP contribution in [0.2, 0.25) is 5.02 Å². The molecule has 1 fully saturated rings. The molecular weight excluding hydrogens is 273 g/mol. The Bertz CT molecular complexity index is 508. The summed E-state index contributed by atoms with van der Waals surface area (Å²) in [6.45, 7) is -1.12. The van der Waals surface area contributed by atoms with Gasteiger partial charge in [0.05, 0.1) is 0 Å². The standard InChI is InChI=1S/C13H13ClFNO3/c14-10-4-2-1-3-7(10)8-5-9(8)12(17)16-11(6-15)13(18)19/h1-4,8-9,11H,5-6H2,(H,16,17)(H,18,19). The van der Waals surface area contributed by atoms with E-state index in [-0.39, 0.29) is 11.8 Å². The number of carboxylic acids is 1. The molecule has 0 aromatic heterocycles. The Morgan fingerprint density at radius 3 is 2.74 bits per heavy atom. The smallest absolute Gasteiger partial charge is 0.328 e. The van der Waals surface area contributed by atoms with E-state index in [1.165, 1.54) is 0 Å². The van der Waals surface area contributed by atoms with Gasteiger partial charge < -0.3 is 10.4 Å². The number of carbonyl (C=O) groups excluding carboxylic acids is 1. The SMILES string of the molecule is O=C(O)C(CF)NC(=O)C1CC1c1ccccc1Cl. The van der Waals surface area contributed by atoms with E-state index in [2.05, 4.69) is 5.32 Å². The molecule has 1 aromatic carbocycles. The molecule has 3 atom stereocenters. The molecule has 1 saturated carbocycles. The molecule has 2 N–H and O–H groups in total. The molecule has 0 aliphatic heterocycles. The first-order valence-corrected chi connectivity index (χ1v) is 6.26. The van der Waals surface area contributed by atoms with E-state index in [1.807, 2.05) is 12.1 Å². The predicted molar refractivity (Wildman–Crippen MR) is 67.8 cm³/mol. The molecule has 0 bridgehead atoms. The summed E-state index contributed by atoms with van der Waals surface area (Å²) < 4.78 is 12.4. The Morgan fingerprint density at radius 2 is 2.16 bits per heavy atom. The topological polar surface area (TPSA) is 66.4 Å². The molecule has 4 nitrogen and oxygen atoms in total. The highest BCUT2D eigenvalue weighted by molar-refractivity contribution is 6.31. The Morgan fingerprint density at radius 1 is 1.47 bits per heavy atom. The molecular formula is C13H13ClFNO3. The van der Waals surface area contributed by atoms with E-state index in [0.29, 0.717) is 11.4 Å². The van der Waals surface area contributed by atoms with Crippen LogP contribution in [0.25, 0.3) is 0 Å². The Labute approximate surface area is 114 Å². The highest BCUT2D eigenvalue weighted by Gasteiger charge is 2.45. The largest absolute Gasteiger partial charge is 0.480 e. The van der Waals surface area contributed by atoms with Crippen LogP contribution in [0.15, 0.2) is 24.3 Å². The van der Waals surface area contributed by atoms with E-state index in [4.69, 9.17) is 16.7 Å². The van der Waals surface area contributed by atoms with Gasteiger partial charge in [-0.3, -0.25) is 4.79 Å². The van der Waals surface area contributed by atoms with Gasteiger partial charge >= 0.3 is 5.97 Å². The first kappa shape index (κ1) is 13.8. The molecule has 0 saturated heterocycles. The molecule has 1 aliphatic rings. The van der Waals surface area contributed by atoms with Crippen LogP contribution in [0.1, 0.15) is 17.9 Å². The van der Waals surface area contributed by atoms with Gasteiger partial charge in [-0.25, -0.2) is 9.18 Å². The summed E-state index contributed by atoms with van der Waals surface area (Å²) >= 11 is 6.03. The fraction of sp³-hybridized carbons (Fsp3) is 0.385. The van der Waals surface area contributed by atoms with Crippen molar-refractivity contribution < 1.29 is 19.1 Å². The van der Waals surface area contributed by atoms with Crippen molar-refractivity contribution in [2.24, 2.45) is 5.92 Å². The lowest BCUT2D eigenvalue weighted by Gasteiger charge is -2.10. The second kappa shape index (κ2) is 5.57. The van der Waals surface area contributed by atoms with Gasteiger partial charge in [-0.2, -0.15) is 0 Å². The lowest BCUT2D eigenvalue weighted by atomic mass is 10.1. The van der Waals surface area contributed by atoms with E-state index in [0.717, 1.165) is 5.56 Å². The van der Waals surface area contributed by atoms with Crippen LogP contribution >= 0.6 is 11.6 Å². The predicted octanol–water partition coefficient (Wildman–Crippen LogP) is 1.98. The zero-order valence-electron chi connectivity index (χ0n) is 9.98. The molecule has 1 amide bonds. The summed E-state index contributed by atoms with van der Waals surface area (Å²) in [5.74, 6) is -2.14. The number of alkyl halides is 1. The van der Waals surface area contributed by atoms with Crippen molar-refractivity contribution in [3.05, 3.63) is 34.9 Å². The number of amides is 1. The van der Waals surface area contributed by atoms with Crippen LogP contribution < -0.4 is 5.32 Å². The van der Waals surface area contributed by atoms with E-state index in [9.17, 15) is 14.0 Å². The molecule has 6 heteroatoms. The quantitative estimate of drug-likeness (QED) is 0.869. The summed E-state index contributed by atoms with van der Waals surface area (Å²) in [4.78, 5) is 22.4. The van der Waals surface area contributed by atoms with Crippen LogP contribution in [-0.4, -0.2) is 29.7 Å². The minimum Gasteiger partial charge on any atom is -0.480 e. The van der Waals surface area contributed by atoms with Crippen molar-refractivity contribution in [2.45, 2.75) is 18.4 Å². The molecule has 0 radical (unpaired) electrons. The van der Waals surface area contributed by atoms with Gasteiger partial charge in [-0.15, -0.1) is 0 Å². The Balaban J connectivity index is 1.98. The third-order valence-corrected chi connectivity index (χ3v) is 3.54. The Hall–Kier alpha value is -1.62. The maximum Gasteiger partial charge on any atom is 0.328 e. The van der Waals surface area contributed by atoms with Gasteiger partial charge in [-0.1, -0.05) is 29.8 Å². The number of benzene rings is 1. The van der Waals surface area contributed by atoms with Crippen molar-refractivity contribution in [1.82, 2.24) is 5.32 Å². The third kappa shape index (κ3) is 3.04. The second-order valence-corrected chi connectivity index (χ2v) is 4.93. The second-order valence-electron chi connectivity index (χ2n) is 4.52. The molecule has 19 heavy (non-hydrogen) atoms. The van der Waals surface area contributed by atoms with Gasteiger partial charge in [0.15, 0.2) is 6.04 Å². The lowest BCUT2D eigenvalue weighted by Crippen LogP contribution is -2.43. The molecule has 1 aliphatic carbocycles. The minimum absolute atomic E-state index is 0.0113. The van der Waals surface area contributed by atoms with Crippen molar-refractivity contribution in [1.29, 1.82) is 0 Å². The number of nitrogens with one attached hydrogen (secondary N) is 1. The fourth-order valence-electron chi connectivity index (χ4n) is 2.05. The average Bonchev–Trinajstić information content (AvgIpc) is 3.16. The molecule has 0 heterocycles. The maximum absolute atomic E-state index is 12.4. The molecule has 102 valence electrons. The number of carboxylic acid groups (broad SMARTS) is 1. The lowest BCUT2D eigenvalue weighted by molar-refractivity contribution is -0.142. The van der Waals surface area contributed by atoms with Crippen LogP contribution in [0.3, 0.4) is 0 Å². The third-order valence-electron chi connectivity index (χ3n) is 3.20. The normalized spacial score (nSPS) is 22.6. The van der Waals surface area contributed by atoms with Gasteiger partial charge in [0.2, 0.25) is 5.91 Å². The van der Waals surface area contributed by atoms with Gasteiger partial charge in [0.25, 0.3) is 0 Å². The van der Waals surface area contributed by atoms with Crippen molar-refractivity contribution in [2.75, 3.05) is 6.67 Å². The summed E-state index contributed by atoms with van der Waals surface area (Å²) in [6, 6.07) is 5.73. The van der Waals surface area contributed by atoms with Gasteiger partial charge in [-0.05, 0) is 24.0 Å². The number of rotatable bonds is 5. The van der Waals surface area contributed by atoms with Crippen molar-refractivity contribution >= 4 is 23.5 Å². The van der Waals surface area contributed by atoms with E-state index < -0.39 is 24.6 Å². The first-order chi connectivity index (χ1) is 9.04. The summed E-state index contributed by atoms with van der Waals surface area (Å²) in [5, 5.41) is 11.5. The van der Waals surface area contributed by atoms with Gasteiger partial charge in [0.1, 0.15) is 6.67 Å². The highest BCUT2D eigenvalue weighted by atomic mass is 35.5. The summed E-state index contributed by atoms with van der Waals surface area (Å²) in [7, 11) is 0. The first-order valence-electron chi connectivity index (χ1n) is 5.88. The zero-order chi connectivity index (χ0) is 14.0. The number of halogens is 2. The highest BCUT2D eigenvalue weighted by Crippen LogP contribution is 2.49. The van der Waals surface area contributed by atoms with Crippen LogP contribution in [0.5, 0.6) is 0 Å². The molecule has 3 unspecified atom stereocenters. The summed E-state index contributed by atoms with van der Waals surface area (Å²) in [5.41, 5.74) is 0.872. The van der Waals surface area contributed by atoms with Crippen LogP contribution in [-0.2, 0) is 9.59 Å². The van der Waals surface area contributed by atoms with Gasteiger partial charge in [0, 0.05) is 10.9 Å². The summed E-state index contributed by atoms with van der Waals surface area (Å²) in [6.07, 6.45) is 0.605. The maximum atomic E-state index is 12.4. The number of hydrogen-bond donors (Lipinski definition) is 2. The minimum atomic E-state index is -1.47. The van der Waals surface area contributed by atoms with Crippen LogP contribution in [0, 0.1) is 5.92 Å². The molecule has 0 spiro atoms. The number of carbonyl (C=O) groups is 2.